The van der Waals surface area contributed by atoms with Crippen LogP contribution in [0.5, 0.6) is 0 Å². The maximum absolute atomic E-state index is 9.69. The minimum Gasteiger partial charge on any atom is -0.431 e. The molecule has 5 nitrogen and oxygen atoms in total. The minimum absolute atomic E-state index is 0.167. The van der Waals surface area contributed by atoms with E-state index >= 15 is 0 Å². The molecule has 5 heteroatoms. The number of rotatable bonds is 0. The molecule has 0 atom stereocenters. The Morgan fingerprint density at radius 3 is 1.50 bits per heavy atom. The summed E-state index contributed by atoms with van der Waals surface area (Å²) >= 11 is 0. The van der Waals surface area contributed by atoms with Crippen molar-refractivity contribution < 1.29 is 19.8 Å². The highest BCUT2D eigenvalue weighted by atomic mass is 16.4. The average Bonchev–Trinajstić information content (AvgIpc) is 1.64. The van der Waals surface area contributed by atoms with Crippen molar-refractivity contribution in [2.75, 3.05) is 7.05 Å². The highest BCUT2D eigenvalue weighted by molar-refractivity contribution is 5.88. The Morgan fingerprint density at radius 1 is 1.25 bits per heavy atom. The average molecular weight is 119 g/mol. The van der Waals surface area contributed by atoms with Crippen LogP contribution in [0.3, 0.4) is 0 Å². The molecule has 0 aliphatic rings. The van der Waals surface area contributed by atoms with Crippen molar-refractivity contribution >= 4 is 12.2 Å². The summed E-state index contributed by atoms with van der Waals surface area (Å²) in [5.41, 5.74) is 0. The van der Waals surface area contributed by atoms with E-state index in [2.05, 4.69) is 0 Å². The molecule has 0 aromatic heterocycles. The maximum Gasteiger partial charge on any atom is 0.575 e. The molecular weight excluding hydrogens is 114 g/mol. The van der Waals surface area contributed by atoms with Gasteiger partial charge in [0.25, 0.3) is 0 Å². The normalized spacial score (nSPS) is 9.25. The van der Waals surface area contributed by atoms with Crippen LogP contribution in [-0.2, 0) is 0 Å². The molecule has 2 amide bonds. The summed E-state index contributed by atoms with van der Waals surface area (Å²) in [6.45, 7) is 0. The summed E-state index contributed by atoms with van der Waals surface area (Å²) in [5.74, 6) is 0. The van der Waals surface area contributed by atoms with Crippen LogP contribution in [0.25, 0.3) is 0 Å². The summed E-state index contributed by atoms with van der Waals surface area (Å²) < 4.78 is 0. The van der Waals surface area contributed by atoms with E-state index < -0.39 is 12.2 Å². The van der Waals surface area contributed by atoms with Gasteiger partial charge in [-0.15, -0.1) is 0 Å². The monoisotopic (exact) mass is 119 g/mol. The molecule has 0 saturated heterocycles. The van der Waals surface area contributed by atoms with Crippen LogP contribution in [0.15, 0.2) is 0 Å². The lowest BCUT2D eigenvalue weighted by atomic mass is 10.9. The van der Waals surface area contributed by atoms with E-state index in [1.807, 2.05) is 0 Å². The first kappa shape index (κ1) is 6.90. The predicted octanol–water partition coefficient (Wildman–Crippen LogP) is 0.112. The van der Waals surface area contributed by atoms with Gasteiger partial charge in [0.2, 0.25) is 0 Å². The zero-order valence-electron chi connectivity index (χ0n) is 4.16. The Kier molecular flexibility index (Phi) is 1.96. The smallest absolute Gasteiger partial charge is 0.431 e. The van der Waals surface area contributed by atoms with E-state index in [9.17, 15) is 9.59 Å². The summed E-state index contributed by atoms with van der Waals surface area (Å²) in [6.07, 6.45) is -2.95. The fraction of sp³-hybridized carbons (Fsp3) is 0.333. The number of nitrogens with zero attached hydrogens (tertiary/aromatic N) is 1. The van der Waals surface area contributed by atoms with Crippen molar-refractivity contribution in [3.63, 3.8) is 0 Å². The molecule has 0 spiro atoms. The maximum atomic E-state index is 9.69. The first-order valence-corrected chi connectivity index (χ1v) is 1.75. The van der Waals surface area contributed by atoms with Crippen LogP contribution in [0.1, 0.15) is 0 Å². The Balaban J connectivity index is 3.83. The fourth-order valence-electron chi connectivity index (χ4n) is 0.0818. The van der Waals surface area contributed by atoms with Crippen molar-refractivity contribution in [1.29, 1.82) is 0 Å². The first-order valence-electron chi connectivity index (χ1n) is 1.75. The minimum atomic E-state index is -1.47. The van der Waals surface area contributed by atoms with Gasteiger partial charge in [0.1, 0.15) is 7.05 Å². The van der Waals surface area contributed by atoms with Crippen molar-refractivity contribution in [3.8, 4) is 0 Å². The third-order valence-electron chi connectivity index (χ3n) is 0.574. The number of carbonyl (C=O) groups is 2. The van der Waals surface area contributed by atoms with Gasteiger partial charge in [0, 0.05) is 4.90 Å². The van der Waals surface area contributed by atoms with Gasteiger partial charge in [-0.25, -0.2) is 0 Å². The number of imide groups is 1. The predicted molar refractivity (Wildman–Crippen MR) is 24.1 cm³/mol. The van der Waals surface area contributed by atoms with Gasteiger partial charge in [-0.1, -0.05) is 0 Å². The second-order valence-corrected chi connectivity index (χ2v) is 1.12. The molecule has 0 fully saturated rings. The van der Waals surface area contributed by atoms with Crippen LogP contribution in [0.2, 0.25) is 0 Å². The molecule has 1 radical (unpaired) electrons. The Bertz CT molecular complexity index is 106. The lowest BCUT2D eigenvalue weighted by Gasteiger charge is -1.85. The van der Waals surface area contributed by atoms with Gasteiger partial charge in [-0.2, -0.15) is 9.59 Å². The highest BCUT2D eigenvalue weighted by Crippen LogP contribution is 1.76. The van der Waals surface area contributed by atoms with Gasteiger partial charge in [0.15, 0.2) is 0 Å². The topological polar surface area (TPSA) is 80.5 Å². The molecule has 0 unspecified atom stereocenters. The van der Waals surface area contributed by atoms with Crippen molar-refractivity contribution in [2.45, 2.75) is 0 Å². The van der Waals surface area contributed by atoms with E-state index in [1.54, 1.807) is 0 Å². The van der Waals surface area contributed by atoms with Crippen LogP contribution in [0.4, 0.5) is 9.59 Å². The fourth-order valence-corrected chi connectivity index (χ4v) is 0.0818. The van der Waals surface area contributed by atoms with E-state index in [1.165, 1.54) is 0 Å². The SMILES string of the molecule is C[N+](C(=O)O)C(=O)O. The first-order chi connectivity index (χ1) is 3.55. The molecule has 0 bridgehead atoms. The molecule has 0 aliphatic heterocycles. The van der Waals surface area contributed by atoms with E-state index in [0.717, 1.165) is 7.05 Å². The van der Waals surface area contributed by atoms with Crippen LogP contribution < -0.4 is 4.90 Å². The molecule has 0 heterocycles. The number of amides is 2. The van der Waals surface area contributed by atoms with Gasteiger partial charge < -0.3 is 10.2 Å². The quantitative estimate of drug-likeness (QED) is 0.443. The second-order valence-electron chi connectivity index (χ2n) is 1.12. The summed E-state index contributed by atoms with van der Waals surface area (Å²) in [5, 5.41) is 15.8. The molecule has 0 aromatic rings. The molecule has 8 heavy (non-hydrogen) atoms. The molecule has 0 aliphatic carbocycles. The van der Waals surface area contributed by atoms with Gasteiger partial charge in [0.05, 0.1) is 0 Å². The lowest BCUT2D eigenvalue weighted by molar-refractivity contribution is 0.155. The van der Waals surface area contributed by atoms with Crippen LogP contribution >= 0.6 is 0 Å². The molecule has 0 saturated carbocycles. The Morgan fingerprint density at radius 2 is 1.50 bits per heavy atom. The number of hydrogen-bond acceptors (Lipinski definition) is 2. The van der Waals surface area contributed by atoms with Crippen molar-refractivity contribution in [2.24, 2.45) is 0 Å². The number of hydrogen-bond donors (Lipinski definition) is 2. The largest absolute Gasteiger partial charge is 0.575 e. The standard InChI is InChI=1S/C3H5NO4/c1-4(2(5)6)3(7)8/h1H3,(H,5,6)(H,7,8)/q+1. The van der Waals surface area contributed by atoms with Crippen LogP contribution in [0, 0.1) is 0 Å². The molecule has 0 aromatic carbocycles. The zero-order chi connectivity index (χ0) is 6.73. The molecular formula is C3H5NO4+. The highest BCUT2D eigenvalue weighted by Gasteiger charge is 2.28. The van der Waals surface area contributed by atoms with Crippen molar-refractivity contribution in [3.05, 3.63) is 0 Å². The van der Waals surface area contributed by atoms with E-state index in [4.69, 9.17) is 10.2 Å². The van der Waals surface area contributed by atoms with E-state index in [-0.39, 0.29) is 4.90 Å². The third-order valence-corrected chi connectivity index (χ3v) is 0.574. The molecule has 45 valence electrons. The van der Waals surface area contributed by atoms with E-state index in [0.29, 0.717) is 0 Å². The van der Waals surface area contributed by atoms with Gasteiger partial charge in [-0.05, 0) is 0 Å². The van der Waals surface area contributed by atoms with Crippen LogP contribution in [-0.4, -0.2) is 29.4 Å². The Labute approximate surface area is 45.1 Å². The van der Waals surface area contributed by atoms with Gasteiger partial charge >= 0.3 is 12.2 Å². The Hall–Kier alpha value is -1.10. The van der Waals surface area contributed by atoms with Gasteiger partial charge in [-0.3, -0.25) is 0 Å². The summed E-state index contributed by atoms with van der Waals surface area (Å²) in [6, 6.07) is 0. The lowest BCUT2D eigenvalue weighted by Crippen LogP contribution is -2.35. The third kappa shape index (κ3) is 1.57. The summed E-state index contributed by atoms with van der Waals surface area (Å²) in [4.78, 5) is 19.5. The van der Waals surface area contributed by atoms with Crippen molar-refractivity contribution in [1.82, 2.24) is 4.90 Å². The second kappa shape index (κ2) is 2.27. The molecule has 0 rings (SSSR count). The number of carboxylic acid groups (broad SMARTS) is 2. The molecule has 2 N–H and O–H groups in total. The zero-order valence-corrected chi connectivity index (χ0v) is 4.16. The summed E-state index contributed by atoms with van der Waals surface area (Å²) in [7, 11) is 0.949.